The van der Waals surface area contributed by atoms with Crippen molar-refractivity contribution in [2.24, 2.45) is 0 Å². The first kappa shape index (κ1) is 27.5. The molecule has 2 amide bonds. The molecule has 0 spiro atoms. The number of thioether (sulfide) groups is 1. The molecule has 0 bridgehead atoms. The number of hydrogen-bond donors (Lipinski definition) is 1. The Hall–Kier alpha value is -1.11. The molecule has 0 unspecified atom stereocenters. The summed E-state index contributed by atoms with van der Waals surface area (Å²) in [5, 5.41) is 5.19. The van der Waals surface area contributed by atoms with Crippen LogP contribution in [0.4, 0.5) is 0 Å². The lowest BCUT2D eigenvalue weighted by molar-refractivity contribution is -0.139. The molecule has 3 rings (SSSR count). The van der Waals surface area contributed by atoms with E-state index in [1.807, 2.05) is 6.92 Å². The summed E-state index contributed by atoms with van der Waals surface area (Å²) in [7, 11) is 0. The van der Waals surface area contributed by atoms with Gasteiger partial charge in [-0.2, -0.15) is 0 Å². The van der Waals surface area contributed by atoms with Gasteiger partial charge in [0.25, 0.3) is 0 Å². The summed E-state index contributed by atoms with van der Waals surface area (Å²) >= 11 is 26.8. The smallest absolute Gasteiger partial charge is 0.243 e. The van der Waals surface area contributed by atoms with Gasteiger partial charge in [0.2, 0.25) is 11.8 Å². The number of rotatable bonds is 10. The summed E-state index contributed by atoms with van der Waals surface area (Å²) in [6.07, 6.45) is 4.65. The molecule has 9 heteroatoms. The second kappa shape index (κ2) is 13.3. The summed E-state index contributed by atoms with van der Waals surface area (Å²) in [5.74, 6) is 0.343. The van der Waals surface area contributed by atoms with Crippen molar-refractivity contribution in [1.82, 2.24) is 10.2 Å². The minimum Gasteiger partial charge on any atom is -0.352 e. The van der Waals surface area contributed by atoms with Crippen molar-refractivity contribution in [3.05, 3.63) is 67.6 Å². The van der Waals surface area contributed by atoms with Crippen molar-refractivity contribution in [3.8, 4) is 0 Å². The third-order valence-corrected chi connectivity index (χ3v) is 8.37. The summed E-state index contributed by atoms with van der Waals surface area (Å²) < 4.78 is 0. The van der Waals surface area contributed by atoms with Crippen molar-refractivity contribution >= 4 is 70.0 Å². The fourth-order valence-electron chi connectivity index (χ4n) is 4.13. The van der Waals surface area contributed by atoms with Crippen molar-refractivity contribution in [2.75, 3.05) is 5.75 Å². The molecule has 4 nitrogen and oxygen atoms in total. The maximum absolute atomic E-state index is 13.4. The summed E-state index contributed by atoms with van der Waals surface area (Å²) in [6.45, 7) is 2.06. The van der Waals surface area contributed by atoms with Gasteiger partial charge in [0.05, 0.1) is 5.75 Å². The quantitative estimate of drug-likeness (QED) is 0.329. The molecule has 2 aromatic carbocycles. The normalized spacial score (nSPS) is 14.7. The van der Waals surface area contributed by atoms with E-state index >= 15 is 0 Å². The van der Waals surface area contributed by atoms with Crippen LogP contribution in [0, 0.1) is 0 Å². The number of nitrogens with one attached hydrogen (secondary N) is 1. The Bertz CT molecular complexity index is 974. The van der Waals surface area contributed by atoms with E-state index in [4.69, 9.17) is 46.4 Å². The molecular weight excluding hydrogens is 534 g/mol. The summed E-state index contributed by atoms with van der Waals surface area (Å²) in [6, 6.07) is 10.1. The second-order valence-electron chi connectivity index (χ2n) is 8.33. The first-order valence-corrected chi connectivity index (χ1v) is 14.0. The zero-order valence-corrected chi connectivity index (χ0v) is 22.8. The highest BCUT2D eigenvalue weighted by molar-refractivity contribution is 7.99. The lowest BCUT2D eigenvalue weighted by atomic mass is 10.1. The Morgan fingerprint density at radius 1 is 0.971 bits per heavy atom. The van der Waals surface area contributed by atoms with Gasteiger partial charge >= 0.3 is 0 Å². The first-order valence-electron chi connectivity index (χ1n) is 11.3. The van der Waals surface area contributed by atoms with Gasteiger partial charge in [0.15, 0.2) is 0 Å². The number of halogens is 4. The predicted molar refractivity (Wildman–Crippen MR) is 144 cm³/mol. The van der Waals surface area contributed by atoms with E-state index in [9.17, 15) is 9.59 Å². The summed E-state index contributed by atoms with van der Waals surface area (Å²) in [4.78, 5) is 28.2. The van der Waals surface area contributed by atoms with Gasteiger partial charge in [-0.05, 0) is 49.1 Å². The van der Waals surface area contributed by atoms with Gasteiger partial charge < -0.3 is 10.2 Å². The number of carbonyl (C=O) groups is 2. The molecule has 0 aromatic heterocycles. The van der Waals surface area contributed by atoms with Crippen molar-refractivity contribution in [3.63, 3.8) is 0 Å². The molecule has 1 aliphatic carbocycles. The highest BCUT2D eigenvalue weighted by Gasteiger charge is 2.31. The number of benzene rings is 2. The van der Waals surface area contributed by atoms with E-state index in [2.05, 4.69) is 5.32 Å². The fraction of sp³-hybridized carbons (Fsp3) is 0.440. The number of carbonyl (C=O) groups excluding carboxylic acids is 2. The fourth-order valence-corrected chi connectivity index (χ4v) is 6.30. The lowest BCUT2D eigenvalue weighted by Gasteiger charge is -2.32. The predicted octanol–water partition coefficient (Wildman–Crippen LogP) is 7.40. The second-order valence-corrected chi connectivity index (χ2v) is 10.9. The van der Waals surface area contributed by atoms with Crippen LogP contribution in [0.25, 0.3) is 0 Å². The Labute approximate surface area is 225 Å². The van der Waals surface area contributed by atoms with Gasteiger partial charge in [-0.1, -0.05) is 78.3 Å². The van der Waals surface area contributed by atoms with E-state index < -0.39 is 6.04 Å². The van der Waals surface area contributed by atoms with Crippen LogP contribution in [0.2, 0.25) is 20.1 Å². The zero-order chi connectivity index (χ0) is 24.7. The first-order chi connectivity index (χ1) is 16.3. The molecule has 0 radical (unpaired) electrons. The Kier molecular flexibility index (Phi) is 10.7. The standard InChI is InChI=1S/C25H28Cl4N2O2S/c1-2-23(25(33)30-16-7-3-4-8-16)31(13-17-19(26)9-5-10-20(17)27)24(32)15-34-14-18-21(28)11-6-12-22(18)29/h5-6,9-12,16,23H,2-4,7-8,13-15H2,1H3,(H,30,33)/t23-/m1/s1. The van der Waals surface area contributed by atoms with E-state index in [1.165, 1.54) is 11.8 Å². The van der Waals surface area contributed by atoms with Gasteiger partial charge in [-0.3, -0.25) is 9.59 Å². The lowest BCUT2D eigenvalue weighted by Crippen LogP contribution is -2.51. The molecule has 0 saturated heterocycles. The monoisotopic (exact) mass is 560 g/mol. The number of nitrogens with zero attached hydrogens (tertiary/aromatic N) is 1. The minimum absolute atomic E-state index is 0.134. The van der Waals surface area contributed by atoms with E-state index in [-0.39, 0.29) is 30.2 Å². The molecule has 1 aliphatic rings. The van der Waals surface area contributed by atoms with Crippen LogP contribution in [-0.4, -0.2) is 34.6 Å². The van der Waals surface area contributed by atoms with E-state index in [0.29, 0.717) is 37.8 Å². The van der Waals surface area contributed by atoms with E-state index in [0.717, 1.165) is 31.2 Å². The third kappa shape index (κ3) is 7.20. The Balaban J connectivity index is 1.77. The van der Waals surface area contributed by atoms with Crippen LogP contribution < -0.4 is 5.32 Å². The molecule has 1 saturated carbocycles. The largest absolute Gasteiger partial charge is 0.352 e. The van der Waals surface area contributed by atoms with Gasteiger partial charge in [-0.15, -0.1) is 11.8 Å². The van der Waals surface area contributed by atoms with Crippen LogP contribution in [-0.2, 0) is 21.9 Å². The molecule has 34 heavy (non-hydrogen) atoms. The number of amides is 2. The highest BCUT2D eigenvalue weighted by atomic mass is 35.5. The molecule has 2 aromatic rings. The van der Waals surface area contributed by atoms with Crippen LogP contribution in [0.15, 0.2) is 36.4 Å². The van der Waals surface area contributed by atoms with Gasteiger partial charge in [-0.25, -0.2) is 0 Å². The van der Waals surface area contributed by atoms with Crippen molar-refractivity contribution in [2.45, 2.75) is 63.4 Å². The SMILES string of the molecule is CC[C@H](C(=O)NC1CCCC1)N(Cc1c(Cl)cccc1Cl)C(=O)CSCc1c(Cl)cccc1Cl. The minimum atomic E-state index is -0.620. The van der Waals surface area contributed by atoms with Crippen molar-refractivity contribution in [1.29, 1.82) is 0 Å². The molecular formula is C25H28Cl4N2O2S. The Morgan fingerprint density at radius 2 is 1.50 bits per heavy atom. The number of hydrogen-bond acceptors (Lipinski definition) is 3. The van der Waals surface area contributed by atoms with Crippen molar-refractivity contribution < 1.29 is 9.59 Å². The van der Waals surface area contributed by atoms with Gasteiger partial charge in [0.1, 0.15) is 6.04 Å². The molecule has 1 atom stereocenters. The molecule has 1 N–H and O–H groups in total. The molecule has 0 heterocycles. The molecule has 184 valence electrons. The molecule has 0 aliphatic heterocycles. The van der Waals surface area contributed by atoms with Crippen LogP contribution in [0.5, 0.6) is 0 Å². The van der Waals surface area contributed by atoms with Gasteiger partial charge in [0, 0.05) is 44.0 Å². The topological polar surface area (TPSA) is 49.4 Å². The Morgan fingerprint density at radius 3 is 2.03 bits per heavy atom. The average Bonchev–Trinajstić information content (AvgIpc) is 3.30. The summed E-state index contributed by atoms with van der Waals surface area (Å²) in [5.41, 5.74) is 1.42. The molecule has 1 fully saturated rings. The maximum Gasteiger partial charge on any atom is 0.243 e. The maximum atomic E-state index is 13.4. The van der Waals surface area contributed by atoms with E-state index in [1.54, 1.807) is 41.3 Å². The van der Waals surface area contributed by atoms with Crippen LogP contribution >= 0.6 is 58.2 Å². The average molecular weight is 562 g/mol. The third-order valence-electron chi connectivity index (χ3n) is 6.01. The van der Waals surface area contributed by atoms with Crippen LogP contribution in [0.3, 0.4) is 0 Å². The highest BCUT2D eigenvalue weighted by Crippen LogP contribution is 2.30. The zero-order valence-electron chi connectivity index (χ0n) is 19.0. The van der Waals surface area contributed by atoms with Crippen LogP contribution in [0.1, 0.15) is 50.2 Å².